The molecule has 0 aliphatic heterocycles. The van der Waals surface area contributed by atoms with Crippen molar-refractivity contribution in [3.63, 3.8) is 0 Å². The Balaban J connectivity index is 3.92. The summed E-state index contributed by atoms with van der Waals surface area (Å²) in [7, 11) is -3.44. The normalized spacial score (nSPS) is 14.2. The van der Waals surface area contributed by atoms with Gasteiger partial charge in [-0.2, -0.15) is 8.42 Å². The van der Waals surface area contributed by atoms with E-state index in [0.29, 0.717) is 6.54 Å². The Hall–Kier alpha value is -0.0400. The third-order valence-electron chi connectivity index (χ3n) is 1.00. The molecule has 6 heteroatoms. The van der Waals surface area contributed by atoms with Crippen LogP contribution >= 0.6 is 12.2 Å². The highest BCUT2D eigenvalue weighted by Crippen LogP contribution is 1.94. The molecule has 71 valence electrons. The number of thiocarbonyl (C=S) groups is 1. The molecule has 0 aliphatic carbocycles. The van der Waals surface area contributed by atoms with E-state index in [1.807, 2.05) is 6.92 Å². The average Bonchev–Trinajstić information content (AvgIpc) is 1.95. The minimum atomic E-state index is -3.44. The van der Waals surface area contributed by atoms with Crippen molar-refractivity contribution < 1.29 is 12.6 Å². The van der Waals surface area contributed by atoms with Gasteiger partial charge >= 0.3 is 0 Å². The third-order valence-corrected chi connectivity index (χ3v) is 1.85. The molecule has 0 bridgehead atoms. The Bertz CT molecular complexity index is 225. The van der Waals surface area contributed by atoms with E-state index < -0.39 is 16.2 Å². The standard InChI is InChI=1S/C6H12NO3S2/c1-3-7-4-6(5-11)10-12(2,8)9/h6-7H,3-4H2,1-2H3. The van der Waals surface area contributed by atoms with E-state index >= 15 is 0 Å². The molecule has 1 unspecified atom stereocenters. The second-order valence-corrected chi connectivity index (χ2v) is 4.05. The fraction of sp³-hybridized carbons (Fsp3) is 0.833. The first kappa shape index (κ1) is 12.0. The van der Waals surface area contributed by atoms with Crippen molar-refractivity contribution in [2.24, 2.45) is 0 Å². The molecule has 0 heterocycles. The second kappa shape index (κ2) is 5.58. The lowest BCUT2D eigenvalue weighted by atomic mass is 10.4. The molecular weight excluding hydrogens is 198 g/mol. The molecule has 0 aromatic rings. The van der Waals surface area contributed by atoms with E-state index in [0.717, 1.165) is 12.8 Å². The Kier molecular flexibility index (Phi) is 5.56. The van der Waals surface area contributed by atoms with E-state index in [1.54, 1.807) is 0 Å². The summed E-state index contributed by atoms with van der Waals surface area (Å²) in [6, 6.07) is 0. The quantitative estimate of drug-likeness (QED) is 0.487. The summed E-state index contributed by atoms with van der Waals surface area (Å²) < 4.78 is 25.8. The van der Waals surface area contributed by atoms with E-state index in [1.165, 1.54) is 0 Å². The largest absolute Gasteiger partial charge is 0.314 e. The second-order valence-electron chi connectivity index (χ2n) is 2.21. The van der Waals surface area contributed by atoms with Crippen molar-refractivity contribution in [2.45, 2.75) is 13.0 Å². The van der Waals surface area contributed by atoms with Gasteiger partial charge in [-0.3, -0.25) is 4.18 Å². The fourth-order valence-corrected chi connectivity index (χ4v) is 1.31. The lowest BCUT2D eigenvalue weighted by molar-refractivity contribution is 0.276. The van der Waals surface area contributed by atoms with Gasteiger partial charge in [0.25, 0.3) is 10.1 Å². The van der Waals surface area contributed by atoms with Crippen LogP contribution in [-0.4, -0.2) is 39.2 Å². The predicted octanol–water partition coefficient (Wildman–Crippen LogP) is -0.183. The molecular formula is C6H12NO3S2. The summed E-state index contributed by atoms with van der Waals surface area (Å²) in [5, 5.41) is 5.22. The number of rotatable bonds is 6. The molecule has 0 saturated carbocycles. The van der Waals surface area contributed by atoms with Gasteiger partial charge in [0, 0.05) is 6.54 Å². The molecule has 0 spiro atoms. The van der Waals surface area contributed by atoms with Gasteiger partial charge in [0.15, 0.2) is 0 Å². The van der Waals surface area contributed by atoms with Gasteiger partial charge in [0.05, 0.1) is 11.6 Å². The lowest BCUT2D eigenvalue weighted by Crippen LogP contribution is -2.31. The predicted molar refractivity (Wildman–Crippen MR) is 50.9 cm³/mol. The third kappa shape index (κ3) is 6.66. The molecule has 0 rings (SSSR count). The molecule has 0 aromatic carbocycles. The Labute approximate surface area is 78.4 Å². The summed E-state index contributed by atoms with van der Waals surface area (Å²) in [5.74, 6) is 0. The highest BCUT2D eigenvalue weighted by molar-refractivity contribution is 7.86. The van der Waals surface area contributed by atoms with Crippen LogP contribution in [0.4, 0.5) is 0 Å². The number of likely N-dealkylation sites (N-methyl/N-ethyl adjacent to an activating group) is 1. The first-order chi connectivity index (χ1) is 5.49. The topological polar surface area (TPSA) is 55.4 Å². The molecule has 0 amide bonds. The molecule has 12 heavy (non-hydrogen) atoms. The number of nitrogens with one attached hydrogen (secondary N) is 1. The minimum absolute atomic E-state index is 0.368. The van der Waals surface area contributed by atoms with Crippen LogP contribution in [0.25, 0.3) is 0 Å². The lowest BCUT2D eigenvalue weighted by Gasteiger charge is -2.09. The summed E-state index contributed by atoms with van der Waals surface area (Å²) in [6.07, 6.45) is 0.313. The zero-order chi connectivity index (χ0) is 9.61. The van der Waals surface area contributed by atoms with Crippen molar-refractivity contribution in [3.8, 4) is 0 Å². The first-order valence-corrected chi connectivity index (χ1v) is 5.68. The van der Waals surface area contributed by atoms with Crippen molar-refractivity contribution in [2.75, 3.05) is 19.3 Å². The van der Waals surface area contributed by atoms with Gasteiger partial charge in [-0.1, -0.05) is 19.1 Å². The van der Waals surface area contributed by atoms with Crippen LogP contribution in [0.1, 0.15) is 6.92 Å². The van der Waals surface area contributed by atoms with Crippen LogP contribution in [0.3, 0.4) is 0 Å². The molecule has 1 atom stereocenters. The summed E-state index contributed by atoms with van der Waals surface area (Å²) in [6.45, 7) is 3.01. The summed E-state index contributed by atoms with van der Waals surface area (Å²) in [4.78, 5) is 0. The highest BCUT2D eigenvalue weighted by Gasteiger charge is 2.11. The fourth-order valence-electron chi connectivity index (χ4n) is 0.582. The van der Waals surface area contributed by atoms with E-state index in [-0.39, 0.29) is 0 Å². The van der Waals surface area contributed by atoms with Gasteiger partial charge in [0.1, 0.15) is 6.10 Å². The SMILES string of the molecule is CCNCC([C]=S)OS(C)(=O)=O. The van der Waals surface area contributed by atoms with Crippen molar-refractivity contribution in [3.05, 3.63) is 0 Å². The minimum Gasteiger partial charge on any atom is -0.314 e. The molecule has 0 aromatic heterocycles. The molecule has 1 radical (unpaired) electrons. The average molecular weight is 210 g/mol. The van der Waals surface area contributed by atoms with E-state index in [4.69, 9.17) is 0 Å². The Morgan fingerprint density at radius 2 is 2.25 bits per heavy atom. The first-order valence-electron chi connectivity index (χ1n) is 3.46. The van der Waals surface area contributed by atoms with Gasteiger partial charge in [-0.05, 0) is 6.54 Å². The molecule has 0 saturated heterocycles. The van der Waals surface area contributed by atoms with Gasteiger partial charge in [0.2, 0.25) is 0 Å². The maximum absolute atomic E-state index is 10.6. The summed E-state index contributed by atoms with van der Waals surface area (Å²) >= 11 is 4.48. The summed E-state index contributed by atoms with van der Waals surface area (Å²) in [5.41, 5.74) is 0. The zero-order valence-corrected chi connectivity index (χ0v) is 8.67. The van der Waals surface area contributed by atoms with E-state index in [9.17, 15) is 8.42 Å². The Morgan fingerprint density at radius 1 is 1.67 bits per heavy atom. The van der Waals surface area contributed by atoms with Crippen LogP contribution in [0.5, 0.6) is 0 Å². The van der Waals surface area contributed by atoms with Crippen LogP contribution in [0.2, 0.25) is 0 Å². The van der Waals surface area contributed by atoms with Gasteiger partial charge < -0.3 is 5.32 Å². The van der Waals surface area contributed by atoms with Crippen molar-refractivity contribution in [1.82, 2.24) is 5.32 Å². The number of hydrogen-bond acceptors (Lipinski definition) is 5. The van der Waals surface area contributed by atoms with Crippen LogP contribution in [-0.2, 0) is 14.3 Å². The monoisotopic (exact) mass is 210 g/mol. The zero-order valence-electron chi connectivity index (χ0n) is 7.03. The van der Waals surface area contributed by atoms with Crippen LogP contribution < -0.4 is 5.32 Å². The molecule has 4 nitrogen and oxygen atoms in total. The van der Waals surface area contributed by atoms with Crippen LogP contribution in [0, 0.1) is 0 Å². The van der Waals surface area contributed by atoms with Crippen molar-refractivity contribution in [1.29, 1.82) is 0 Å². The number of hydrogen-bond donors (Lipinski definition) is 1. The van der Waals surface area contributed by atoms with Crippen LogP contribution in [0.15, 0.2) is 0 Å². The van der Waals surface area contributed by atoms with Crippen molar-refractivity contribution >= 4 is 27.7 Å². The maximum atomic E-state index is 10.6. The molecule has 0 fully saturated rings. The highest BCUT2D eigenvalue weighted by atomic mass is 32.2. The maximum Gasteiger partial charge on any atom is 0.265 e. The Morgan fingerprint density at radius 3 is 2.58 bits per heavy atom. The molecule has 1 N–H and O–H groups in total. The smallest absolute Gasteiger partial charge is 0.265 e. The van der Waals surface area contributed by atoms with E-state index in [2.05, 4.69) is 27.1 Å². The molecule has 0 aliphatic rings. The van der Waals surface area contributed by atoms with Gasteiger partial charge in [-0.15, -0.1) is 0 Å². The van der Waals surface area contributed by atoms with Gasteiger partial charge in [-0.25, -0.2) is 0 Å².